The van der Waals surface area contributed by atoms with E-state index in [1.165, 1.54) is 0 Å². The second-order valence-corrected chi connectivity index (χ2v) is 7.16. The Morgan fingerprint density at radius 2 is 2.20 bits per heavy atom. The van der Waals surface area contributed by atoms with Gasteiger partial charge in [0.25, 0.3) is 0 Å². The molecule has 2 aliphatic rings. The Morgan fingerprint density at radius 3 is 2.73 bits per heavy atom. The fraction of sp³-hybridized carbons (Fsp3) is 0.900. The maximum absolute atomic E-state index is 11.8. The molecule has 2 rings (SSSR count). The van der Waals surface area contributed by atoms with Crippen LogP contribution in [-0.4, -0.2) is 32.0 Å². The lowest BCUT2D eigenvalue weighted by Crippen LogP contribution is -2.48. The van der Waals surface area contributed by atoms with E-state index in [4.69, 9.17) is 4.74 Å². The first-order chi connectivity index (χ1) is 6.77. The van der Waals surface area contributed by atoms with Gasteiger partial charge in [-0.25, -0.2) is 0 Å². The van der Waals surface area contributed by atoms with Crippen LogP contribution in [0.4, 0.5) is 0 Å². The standard InChI is InChI=1S/C10H16INO3/c1-9(2,3)7-12-6(13)4-5-10(12,11)8(14)15-7/h7-8,14H,4-5H2,1-3H3/t7?,8?,10-/m0/s1. The summed E-state index contributed by atoms with van der Waals surface area (Å²) < 4.78 is 4.97. The zero-order valence-corrected chi connectivity index (χ0v) is 11.3. The zero-order chi connectivity index (χ0) is 11.4. The van der Waals surface area contributed by atoms with Crippen LogP contribution in [0.25, 0.3) is 0 Å². The normalized spacial score (nSPS) is 41.1. The molecule has 0 radical (unpaired) electrons. The summed E-state index contributed by atoms with van der Waals surface area (Å²) >= 11 is 2.14. The second-order valence-electron chi connectivity index (χ2n) is 5.29. The van der Waals surface area contributed by atoms with Crippen LogP contribution in [0.5, 0.6) is 0 Å². The van der Waals surface area contributed by atoms with E-state index in [9.17, 15) is 9.90 Å². The van der Waals surface area contributed by atoms with Gasteiger partial charge in [-0.05, 0) is 29.0 Å². The first kappa shape index (κ1) is 11.6. The van der Waals surface area contributed by atoms with Gasteiger partial charge in [-0.2, -0.15) is 0 Å². The number of ether oxygens (including phenoxy) is 1. The number of hydrogen-bond donors (Lipinski definition) is 1. The van der Waals surface area contributed by atoms with Gasteiger partial charge in [0.15, 0.2) is 6.29 Å². The van der Waals surface area contributed by atoms with Crippen molar-refractivity contribution in [2.75, 3.05) is 0 Å². The van der Waals surface area contributed by atoms with Crippen LogP contribution in [0.2, 0.25) is 0 Å². The Labute approximate surface area is 103 Å². The first-order valence-corrected chi connectivity index (χ1v) is 6.19. The molecule has 0 aliphatic carbocycles. The van der Waals surface area contributed by atoms with Crippen molar-refractivity contribution >= 4 is 28.5 Å². The van der Waals surface area contributed by atoms with Gasteiger partial charge in [0.05, 0.1) is 0 Å². The van der Waals surface area contributed by atoms with Crippen LogP contribution in [0.15, 0.2) is 0 Å². The second kappa shape index (κ2) is 3.30. The van der Waals surface area contributed by atoms with E-state index in [1.54, 1.807) is 4.90 Å². The number of aliphatic hydroxyl groups is 1. The van der Waals surface area contributed by atoms with Crippen molar-refractivity contribution in [3.63, 3.8) is 0 Å². The third-order valence-electron chi connectivity index (χ3n) is 2.97. The van der Waals surface area contributed by atoms with E-state index in [1.807, 2.05) is 20.8 Å². The van der Waals surface area contributed by atoms with Gasteiger partial charge in [-0.15, -0.1) is 0 Å². The largest absolute Gasteiger partial charge is 0.365 e. The number of halogens is 1. The number of aliphatic hydroxyl groups excluding tert-OH is 1. The molecule has 2 saturated heterocycles. The van der Waals surface area contributed by atoms with Crippen LogP contribution >= 0.6 is 22.6 Å². The molecule has 3 atom stereocenters. The van der Waals surface area contributed by atoms with Crippen molar-refractivity contribution in [3.8, 4) is 0 Å². The van der Waals surface area contributed by atoms with E-state index in [2.05, 4.69) is 22.6 Å². The lowest BCUT2D eigenvalue weighted by atomic mass is 9.93. The summed E-state index contributed by atoms with van der Waals surface area (Å²) in [6.45, 7) is 6.04. The molecular formula is C10H16INO3. The maximum atomic E-state index is 11.8. The third kappa shape index (κ3) is 1.59. The molecule has 1 amide bonds. The average molecular weight is 325 g/mol. The summed E-state index contributed by atoms with van der Waals surface area (Å²) in [4.78, 5) is 13.5. The molecule has 0 bridgehead atoms. The molecule has 15 heavy (non-hydrogen) atoms. The molecule has 0 spiro atoms. The molecule has 5 heteroatoms. The molecule has 2 heterocycles. The third-order valence-corrected chi connectivity index (χ3v) is 4.56. The Morgan fingerprint density at radius 1 is 1.60 bits per heavy atom. The van der Waals surface area contributed by atoms with Crippen LogP contribution in [-0.2, 0) is 9.53 Å². The van der Waals surface area contributed by atoms with Gasteiger partial charge in [0.2, 0.25) is 5.91 Å². The maximum Gasteiger partial charge on any atom is 0.226 e. The minimum Gasteiger partial charge on any atom is -0.365 e. The highest BCUT2D eigenvalue weighted by Gasteiger charge is 2.60. The monoisotopic (exact) mass is 325 g/mol. The molecule has 0 saturated carbocycles. The number of fused-ring (bicyclic) bond motifs is 1. The Balaban J connectivity index is 2.36. The zero-order valence-electron chi connectivity index (χ0n) is 9.16. The molecule has 0 aromatic rings. The first-order valence-electron chi connectivity index (χ1n) is 5.11. The Bertz CT molecular complexity index is 302. The van der Waals surface area contributed by atoms with Crippen LogP contribution in [0, 0.1) is 5.41 Å². The van der Waals surface area contributed by atoms with Gasteiger partial charge >= 0.3 is 0 Å². The molecule has 0 aromatic carbocycles. The highest BCUT2D eigenvalue weighted by Crippen LogP contribution is 2.50. The van der Waals surface area contributed by atoms with E-state index in [-0.39, 0.29) is 17.6 Å². The van der Waals surface area contributed by atoms with Crippen molar-refractivity contribution in [1.29, 1.82) is 0 Å². The van der Waals surface area contributed by atoms with Crippen molar-refractivity contribution < 1.29 is 14.6 Å². The number of alkyl halides is 1. The van der Waals surface area contributed by atoms with Crippen molar-refractivity contribution in [2.24, 2.45) is 5.41 Å². The molecular weight excluding hydrogens is 309 g/mol. The average Bonchev–Trinajstić information content (AvgIpc) is 2.51. The Kier molecular flexibility index (Phi) is 2.56. The minimum atomic E-state index is -0.867. The lowest BCUT2D eigenvalue weighted by molar-refractivity contribution is -0.152. The fourth-order valence-corrected chi connectivity index (χ4v) is 3.12. The predicted octanol–water partition coefficient (Wildman–Crippen LogP) is 1.46. The van der Waals surface area contributed by atoms with E-state index < -0.39 is 9.84 Å². The quantitative estimate of drug-likeness (QED) is 0.417. The van der Waals surface area contributed by atoms with Crippen LogP contribution in [0.1, 0.15) is 33.6 Å². The molecule has 0 aromatic heterocycles. The highest BCUT2D eigenvalue weighted by molar-refractivity contribution is 14.1. The van der Waals surface area contributed by atoms with Crippen molar-refractivity contribution in [2.45, 2.75) is 49.7 Å². The number of rotatable bonds is 0. The fourth-order valence-electron chi connectivity index (χ4n) is 2.18. The van der Waals surface area contributed by atoms with E-state index in [0.717, 1.165) is 0 Å². The number of nitrogens with zero attached hydrogens (tertiary/aromatic N) is 1. The van der Waals surface area contributed by atoms with E-state index in [0.29, 0.717) is 12.8 Å². The van der Waals surface area contributed by atoms with Crippen molar-refractivity contribution in [1.82, 2.24) is 4.90 Å². The molecule has 1 N–H and O–H groups in total. The predicted molar refractivity (Wildman–Crippen MR) is 63.2 cm³/mol. The highest BCUT2D eigenvalue weighted by atomic mass is 127. The number of amides is 1. The van der Waals surface area contributed by atoms with Crippen molar-refractivity contribution in [3.05, 3.63) is 0 Å². The summed E-state index contributed by atoms with van der Waals surface area (Å²) in [6, 6.07) is 0. The summed E-state index contributed by atoms with van der Waals surface area (Å²) in [7, 11) is 0. The summed E-state index contributed by atoms with van der Waals surface area (Å²) in [5.74, 6) is 0.0841. The molecule has 86 valence electrons. The molecule has 2 aliphatic heterocycles. The van der Waals surface area contributed by atoms with Gasteiger partial charge in [-0.1, -0.05) is 20.8 Å². The lowest BCUT2D eigenvalue weighted by Gasteiger charge is -2.34. The van der Waals surface area contributed by atoms with E-state index >= 15 is 0 Å². The van der Waals surface area contributed by atoms with Crippen LogP contribution in [0.3, 0.4) is 0 Å². The molecule has 2 unspecified atom stereocenters. The van der Waals surface area contributed by atoms with Gasteiger partial charge in [-0.3, -0.25) is 9.69 Å². The summed E-state index contributed by atoms with van der Waals surface area (Å²) in [5.41, 5.74) is -0.173. The minimum absolute atomic E-state index is 0.0841. The summed E-state index contributed by atoms with van der Waals surface area (Å²) in [5, 5.41) is 9.89. The van der Waals surface area contributed by atoms with Gasteiger partial charge < -0.3 is 9.84 Å². The topological polar surface area (TPSA) is 49.8 Å². The van der Waals surface area contributed by atoms with Gasteiger partial charge in [0.1, 0.15) is 9.77 Å². The summed E-state index contributed by atoms with van der Waals surface area (Å²) in [6.07, 6.45) is -0.0102. The number of hydrogen-bond acceptors (Lipinski definition) is 3. The number of carbonyl (C=O) groups is 1. The SMILES string of the molecule is CC(C)(C)C1OC(O)[C@]2(I)CCC(=O)N12. The number of carbonyl (C=O) groups excluding carboxylic acids is 1. The smallest absolute Gasteiger partial charge is 0.226 e. The van der Waals surface area contributed by atoms with Gasteiger partial charge in [0, 0.05) is 11.8 Å². The molecule has 4 nitrogen and oxygen atoms in total. The molecule has 2 fully saturated rings. The Hall–Kier alpha value is 0.120. The van der Waals surface area contributed by atoms with Crippen LogP contribution < -0.4 is 0 Å².